The minimum Gasteiger partial charge on any atom is -0.472 e. The van der Waals surface area contributed by atoms with Crippen LogP contribution in [0, 0.1) is 0 Å². The maximum Gasteiger partial charge on any atom is 0.418 e. The van der Waals surface area contributed by atoms with Crippen molar-refractivity contribution in [3.8, 4) is 5.75 Å². The van der Waals surface area contributed by atoms with Gasteiger partial charge >= 0.3 is 6.18 Å². The Bertz CT molecular complexity index is 1150. The fourth-order valence-corrected chi connectivity index (χ4v) is 3.60. The molecule has 4 rings (SSSR count). The molecular formula is C24H20F3N3O3. The van der Waals surface area contributed by atoms with Crippen LogP contribution in [0.25, 0.3) is 0 Å². The third-order valence-electron chi connectivity index (χ3n) is 5.14. The van der Waals surface area contributed by atoms with Crippen LogP contribution in [0.4, 0.5) is 24.7 Å². The van der Waals surface area contributed by atoms with Crippen LogP contribution < -0.4 is 15.0 Å². The SMILES string of the molecule is O=C(CCCN1C(=O)[C@H](c2ccccc2)Oc2cccnc21)Nc1ccccc1C(F)(F)F. The Balaban J connectivity index is 1.44. The molecule has 6 nitrogen and oxygen atoms in total. The number of aromatic nitrogens is 1. The van der Waals surface area contributed by atoms with E-state index in [-0.39, 0.29) is 31.0 Å². The second kappa shape index (κ2) is 9.32. The predicted molar refractivity (Wildman–Crippen MR) is 116 cm³/mol. The number of pyridine rings is 1. The van der Waals surface area contributed by atoms with E-state index in [0.29, 0.717) is 17.1 Å². The molecule has 9 heteroatoms. The highest BCUT2D eigenvalue weighted by molar-refractivity contribution is 5.99. The number of hydrogen-bond donors (Lipinski definition) is 1. The molecule has 0 aliphatic carbocycles. The average Bonchev–Trinajstić information content (AvgIpc) is 2.80. The first kappa shape index (κ1) is 22.3. The maximum absolute atomic E-state index is 13.1. The zero-order chi connectivity index (χ0) is 23.4. The molecule has 1 aromatic heterocycles. The van der Waals surface area contributed by atoms with Gasteiger partial charge in [-0.1, -0.05) is 42.5 Å². The fourth-order valence-electron chi connectivity index (χ4n) is 3.60. The summed E-state index contributed by atoms with van der Waals surface area (Å²) < 4.78 is 45.3. The summed E-state index contributed by atoms with van der Waals surface area (Å²) in [4.78, 5) is 31.2. The summed E-state index contributed by atoms with van der Waals surface area (Å²) in [6, 6.07) is 17.2. The molecule has 1 aliphatic heterocycles. The Morgan fingerprint density at radius 1 is 1.03 bits per heavy atom. The number of nitrogens with zero attached hydrogens (tertiary/aromatic N) is 2. The Labute approximate surface area is 188 Å². The first-order valence-corrected chi connectivity index (χ1v) is 10.3. The molecule has 170 valence electrons. The smallest absolute Gasteiger partial charge is 0.418 e. The molecule has 2 aromatic carbocycles. The number of amides is 2. The molecule has 0 unspecified atom stereocenters. The first-order valence-electron chi connectivity index (χ1n) is 10.3. The van der Waals surface area contributed by atoms with Crippen molar-refractivity contribution in [3.05, 3.63) is 84.1 Å². The summed E-state index contributed by atoms with van der Waals surface area (Å²) in [5, 5.41) is 2.32. The van der Waals surface area contributed by atoms with E-state index in [2.05, 4.69) is 10.3 Å². The van der Waals surface area contributed by atoms with E-state index >= 15 is 0 Å². The zero-order valence-electron chi connectivity index (χ0n) is 17.4. The number of anilines is 2. The minimum absolute atomic E-state index is 0.0744. The number of rotatable bonds is 6. The van der Waals surface area contributed by atoms with Crippen LogP contribution in [0.2, 0.25) is 0 Å². The van der Waals surface area contributed by atoms with Crippen molar-refractivity contribution < 1.29 is 27.5 Å². The lowest BCUT2D eigenvalue weighted by atomic mass is 10.1. The quantitative estimate of drug-likeness (QED) is 0.569. The van der Waals surface area contributed by atoms with Gasteiger partial charge in [-0.3, -0.25) is 14.5 Å². The second-order valence-electron chi connectivity index (χ2n) is 7.42. The molecule has 1 N–H and O–H groups in total. The Kier molecular flexibility index (Phi) is 6.30. The molecule has 0 fully saturated rings. The topological polar surface area (TPSA) is 71.5 Å². The number of para-hydroxylation sites is 1. The number of benzene rings is 2. The van der Waals surface area contributed by atoms with E-state index in [1.165, 1.54) is 29.3 Å². The van der Waals surface area contributed by atoms with Gasteiger partial charge in [-0.2, -0.15) is 13.2 Å². The van der Waals surface area contributed by atoms with Crippen LogP contribution in [0.3, 0.4) is 0 Å². The number of carbonyl (C=O) groups is 2. The van der Waals surface area contributed by atoms with Crippen molar-refractivity contribution >= 4 is 23.3 Å². The van der Waals surface area contributed by atoms with Gasteiger partial charge in [0, 0.05) is 24.7 Å². The van der Waals surface area contributed by atoms with Gasteiger partial charge in [-0.05, 0) is 30.7 Å². The number of carbonyl (C=O) groups excluding carboxylic acids is 2. The number of ether oxygens (including phenoxy) is 1. The van der Waals surface area contributed by atoms with E-state index in [1.54, 1.807) is 36.4 Å². The van der Waals surface area contributed by atoms with Crippen LogP contribution in [-0.4, -0.2) is 23.3 Å². The van der Waals surface area contributed by atoms with Crippen molar-refractivity contribution in [3.63, 3.8) is 0 Å². The van der Waals surface area contributed by atoms with Crippen LogP contribution in [0.5, 0.6) is 5.75 Å². The molecule has 0 bridgehead atoms. The minimum atomic E-state index is -4.58. The lowest BCUT2D eigenvalue weighted by Crippen LogP contribution is -2.42. The van der Waals surface area contributed by atoms with Crippen molar-refractivity contribution in [1.82, 2.24) is 4.98 Å². The molecule has 2 heterocycles. The number of halogens is 3. The monoisotopic (exact) mass is 455 g/mol. The van der Waals surface area contributed by atoms with E-state index in [9.17, 15) is 22.8 Å². The van der Waals surface area contributed by atoms with Crippen molar-refractivity contribution in [2.75, 3.05) is 16.8 Å². The van der Waals surface area contributed by atoms with Gasteiger partial charge in [0.05, 0.1) is 11.3 Å². The molecule has 0 saturated carbocycles. The second-order valence-corrected chi connectivity index (χ2v) is 7.42. The average molecular weight is 455 g/mol. The van der Waals surface area contributed by atoms with Crippen LogP contribution in [0.1, 0.15) is 30.1 Å². The lowest BCUT2D eigenvalue weighted by molar-refractivity contribution is -0.137. The van der Waals surface area contributed by atoms with Crippen LogP contribution >= 0.6 is 0 Å². The fraction of sp³-hybridized carbons (Fsp3) is 0.208. The van der Waals surface area contributed by atoms with Crippen molar-refractivity contribution in [2.24, 2.45) is 0 Å². The van der Waals surface area contributed by atoms with Crippen LogP contribution in [-0.2, 0) is 15.8 Å². The Hall–Kier alpha value is -3.88. The molecule has 3 aromatic rings. The summed E-state index contributed by atoms with van der Waals surface area (Å²) >= 11 is 0. The van der Waals surface area contributed by atoms with Gasteiger partial charge < -0.3 is 10.1 Å². The molecule has 0 radical (unpaired) electrons. The van der Waals surface area contributed by atoms with Gasteiger partial charge in [-0.15, -0.1) is 0 Å². The van der Waals surface area contributed by atoms with Gasteiger partial charge in [0.2, 0.25) is 12.0 Å². The van der Waals surface area contributed by atoms with E-state index in [1.807, 2.05) is 6.07 Å². The van der Waals surface area contributed by atoms with Crippen molar-refractivity contribution in [1.29, 1.82) is 0 Å². The number of fused-ring (bicyclic) bond motifs is 1. The molecule has 1 atom stereocenters. The lowest BCUT2D eigenvalue weighted by Gasteiger charge is -2.33. The van der Waals surface area contributed by atoms with E-state index in [4.69, 9.17) is 4.74 Å². The van der Waals surface area contributed by atoms with E-state index in [0.717, 1.165) is 6.07 Å². The molecule has 33 heavy (non-hydrogen) atoms. The molecule has 0 saturated heterocycles. The summed E-state index contributed by atoms with van der Waals surface area (Å²) in [5.74, 6) is -0.115. The van der Waals surface area contributed by atoms with E-state index < -0.39 is 23.8 Å². The van der Waals surface area contributed by atoms with Gasteiger partial charge in [-0.25, -0.2) is 4.98 Å². The Morgan fingerprint density at radius 3 is 2.52 bits per heavy atom. The summed E-state index contributed by atoms with van der Waals surface area (Å²) in [6.45, 7) is 0.157. The zero-order valence-corrected chi connectivity index (χ0v) is 17.4. The summed E-state index contributed by atoms with van der Waals surface area (Å²) in [7, 11) is 0. The summed E-state index contributed by atoms with van der Waals surface area (Å²) in [6.07, 6.45) is -3.74. The molecule has 1 aliphatic rings. The normalized spacial score (nSPS) is 15.5. The largest absolute Gasteiger partial charge is 0.472 e. The highest BCUT2D eigenvalue weighted by Gasteiger charge is 2.36. The van der Waals surface area contributed by atoms with Gasteiger partial charge in [0.1, 0.15) is 0 Å². The number of hydrogen-bond acceptors (Lipinski definition) is 4. The summed E-state index contributed by atoms with van der Waals surface area (Å²) in [5.41, 5.74) is -0.525. The third-order valence-corrected chi connectivity index (χ3v) is 5.14. The molecule has 0 spiro atoms. The molecule has 2 amide bonds. The van der Waals surface area contributed by atoms with Crippen LogP contribution in [0.15, 0.2) is 72.9 Å². The third kappa shape index (κ3) is 4.97. The highest BCUT2D eigenvalue weighted by Crippen LogP contribution is 2.37. The highest BCUT2D eigenvalue weighted by atomic mass is 19.4. The Morgan fingerprint density at radius 2 is 1.76 bits per heavy atom. The van der Waals surface area contributed by atoms with Crippen molar-refractivity contribution in [2.45, 2.75) is 25.1 Å². The number of alkyl halides is 3. The van der Waals surface area contributed by atoms with Gasteiger partial charge in [0.15, 0.2) is 11.6 Å². The predicted octanol–water partition coefficient (Wildman–Crippen LogP) is 4.99. The first-order chi connectivity index (χ1) is 15.8. The maximum atomic E-state index is 13.1. The number of nitrogens with one attached hydrogen (secondary N) is 1. The molecular weight excluding hydrogens is 435 g/mol. The van der Waals surface area contributed by atoms with Gasteiger partial charge in [0.25, 0.3) is 5.91 Å². The standard InChI is InChI=1S/C24H20F3N3O3/c25-24(26,27)17-10-4-5-11-18(17)29-20(31)13-7-15-30-22-19(12-6-14-28-22)33-21(23(30)32)16-8-2-1-3-9-16/h1-6,8-12,14,21H,7,13,15H2,(H,29,31)/t21-/m0/s1.